The molecule has 0 amide bonds. The Hall–Kier alpha value is -1.07. The van der Waals surface area contributed by atoms with Crippen LogP contribution in [-0.4, -0.2) is 10.2 Å². The Bertz CT molecular complexity index is 518. The molecule has 1 aromatic carbocycles. The molecule has 17 heavy (non-hydrogen) atoms. The molecule has 1 heterocycles. The van der Waals surface area contributed by atoms with Crippen LogP contribution >= 0.6 is 27.5 Å². The number of anilines is 2. The van der Waals surface area contributed by atoms with E-state index in [4.69, 9.17) is 16.0 Å². The van der Waals surface area contributed by atoms with Gasteiger partial charge in [-0.25, -0.2) is 0 Å². The van der Waals surface area contributed by atoms with Crippen LogP contribution in [-0.2, 0) is 5.88 Å². The van der Waals surface area contributed by atoms with E-state index < -0.39 is 0 Å². The van der Waals surface area contributed by atoms with Crippen molar-refractivity contribution in [3.63, 3.8) is 0 Å². The summed E-state index contributed by atoms with van der Waals surface area (Å²) in [5.74, 6) is 0.609. The summed E-state index contributed by atoms with van der Waals surface area (Å²) >= 11 is 9.09. The van der Waals surface area contributed by atoms with E-state index in [1.165, 1.54) is 5.56 Å². The number of nitrogens with zero attached hydrogens (tertiary/aromatic N) is 2. The van der Waals surface area contributed by atoms with Gasteiger partial charge in [-0.05, 0) is 47.0 Å². The van der Waals surface area contributed by atoms with Gasteiger partial charge in [0.25, 0.3) is 0 Å². The Balaban J connectivity index is 2.29. The fraction of sp³-hybridized carbons (Fsp3) is 0.273. The first-order chi connectivity index (χ1) is 8.10. The van der Waals surface area contributed by atoms with Crippen LogP contribution in [0, 0.1) is 13.8 Å². The molecular formula is C11H11BrClN3O. The zero-order chi connectivity index (χ0) is 12.4. The molecule has 0 unspecified atom stereocenters. The molecule has 0 atom stereocenters. The van der Waals surface area contributed by atoms with Gasteiger partial charge in [-0.3, -0.25) is 0 Å². The molecule has 0 bridgehead atoms. The van der Waals surface area contributed by atoms with Gasteiger partial charge in [-0.15, -0.1) is 16.7 Å². The molecular weight excluding hydrogens is 305 g/mol. The lowest BCUT2D eigenvalue weighted by atomic mass is 10.1. The third-order valence-corrected chi connectivity index (χ3v) is 3.10. The topological polar surface area (TPSA) is 51.0 Å². The first kappa shape index (κ1) is 12.4. The highest BCUT2D eigenvalue weighted by Crippen LogP contribution is 2.30. The summed E-state index contributed by atoms with van der Waals surface area (Å²) in [6, 6.07) is 4.44. The quantitative estimate of drug-likeness (QED) is 0.872. The number of hydrogen-bond donors (Lipinski definition) is 1. The summed E-state index contributed by atoms with van der Waals surface area (Å²) < 4.78 is 6.25. The molecule has 0 saturated carbocycles. The molecule has 4 nitrogen and oxygen atoms in total. The molecule has 0 aliphatic rings. The Kier molecular flexibility index (Phi) is 3.69. The molecule has 0 fully saturated rings. The zero-order valence-electron chi connectivity index (χ0n) is 9.42. The Labute approximate surface area is 113 Å². The van der Waals surface area contributed by atoms with Gasteiger partial charge in [0.15, 0.2) is 0 Å². The van der Waals surface area contributed by atoms with Crippen molar-refractivity contribution < 1.29 is 4.42 Å². The van der Waals surface area contributed by atoms with E-state index in [1.54, 1.807) is 0 Å². The van der Waals surface area contributed by atoms with Crippen LogP contribution in [0.3, 0.4) is 0 Å². The molecule has 0 saturated heterocycles. The molecule has 6 heteroatoms. The average molecular weight is 317 g/mol. The van der Waals surface area contributed by atoms with Crippen molar-refractivity contribution in [1.29, 1.82) is 0 Å². The monoisotopic (exact) mass is 315 g/mol. The maximum atomic E-state index is 5.59. The van der Waals surface area contributed by atoms with Crippen LogP contribution in [0.1, 0.15) is 17.0 Å². The van der Waals surface area contributed by atoms with E-state index in [-0.39, 0.29) is 5.88 Å². The van der Waals surface area contributed by atoms with Crippen molar-refractivity contribution in [2.24, 2.45) is 0 Å². The molecule has 1 aromatic heterocycles. The number of aromatic nitrogens is 2. The van der Waals surface area contributed by atoms with E-state index in [2.05, 4.69) is 37.5 Å². The van der Waals surface area contributed by atoms with Crippen LogP contribution in [0.25, 0.3) is 0 Å². The molecule has 1 N–H and O–H groups in total. The van der Waals surface area contributed by atoms with Gasteiger partial charge in [0.1, 0.15) is 5.88 Å². The summed E-state index contributed by atoms with van der Waals surface area (Å²) in [4.78, 5) is 0. The standard InChI is InChI=1S/C11H11BrClN3O/c1-6-3-7(2)10(8(12)4-6)14-11-16-15-9(5-13)17-11/h3-4H,5H2,1-2H3,(H,14,16). The molecule has 0 spiro atoms. The number of halogens is 2. The smallest absolute Gasteiger partial charge is 0.320 e. The predicted molar refractivity (Wildman–Crippen MR) is 70.8 cm³/mol. The lowest BCUT2D eigenvalue weighted by molar-refractivity contribution is 0.530. The minimum absolute atomic E-state index is 0.211. The molecule has 0 aliphatic carbocycles. The number of nitrogens with one attached hydrogen (secondary N) is 1. The van der Waals surface area contributed by atoms with Crippen molar-refractivity contribution >= 4 is 39.2 Å². The number of alkyl halides is 1. The van der Waals surface area contributed by atoms with Crippen LogP contribution in [0.4, 0.5) is 11.7 Å². The summed E-state index contributed by atoms with van der Waals surface area (Å²) in [6.07, 6.45) is 0. The first-order valence-electron chi connectivity index (χ1n) is 5.02. The minimum Gasteiger partial charge on any atom is -0.407 e. The van der Waals surface area contributed by atoms with Crippen molar-refractivity contribution in [3.05, 3.63) is 33.6 Å². The van der Waals surface area contributed by atoms with Crippen LogP contribution in [0.15, 0.2) is 21.0 Å². The largest absolute Gasteiger partial charge is 0.407 e. The van der Waals surface area contributed by atoms with Crippen molar-refractivity contribution in [1.82, 2.24) is 10.2 Å². The summed E-state index contributed by atoms with van der Waals surface area (Å²) in [6.45, 7) is 4.05. The summed E-state index contributed by atoms with van der Waals surface area (Å²) in [5, 5.41) is 10.7. The highest BCUT2D eigenvalue weighted by molar-refractivity contribution is 9.10. The number of aryl methyl sites for hydroxylation is 2. The predicted octanol–water partition coefficient (Wildman–Crippen LogP) is 3.93. The summed E-state index contributed by atoms with van der Waals surface area (Å²) in [7, 11) is 0. The first-order valence-corrected chi connectivity index (χ1v) is 6.35. The number of hydrogen-bond acceptors (Lipinski definition) is 4. The molecule has 2 rings (SSSR count). The van der Waals surface area contributed by atoms with E-state index >= 15 is 0 Å². The number of benzene rings is 1. The van der Waals surface area contributed by atoms with Gasteiger partial charge in [0.2, 0.25) is 5.89 Å². The van der Waals surface area contributed by atoms with Gasteiger partial charge in [0.05, 0.1) is 5.69 Å². The lowest BCUT2D eigenvalue weighted by Crippen LogP contribution is -1.95. The molecule has 0 radical (unpaired) electrons. The van der Waals surface area contributed by atoms with Gasteiger partial charge >= 0.3 is 6.01 Å². The highest BCUT2D eigenvalue weighted by Gasteiger charge is 2.09. The van der Waals surface area contributed by atoms with E-state index in [0.717, 1.165) is 15.7 Å². The SMILES string of the molecule is Cc1cc(C)c(Nc2nnc(CCl)o2)c(Br)c1. The molecule has 2 aromatic rings. The van der Waals surface area contributed by atoms with Gasteiger partial charge in [-0.2, -0.15) is 0 Å². The minimum atomic E-state index is 0.211. The maximum absolute atomic E-state index is 5.59. The highest BCUT2D eigenvalue weighted by atomic mass is 79.9. The van der Waals surface area contributed by atoms with Crippen molar-refractivity contribution in [2.45, 2.75) is 19.7 Å². The van der Waals surface area contributed by atoms with Crippen molar-refractivity contribution in [2.75, 3.05) is 5.32 Å². The third kappa shape index (κ3) is 2.79. The Morgan fingerprint density at radius 1 is 1.35 bits per heavy atom. The second-order valence-corrected chi connectivity index (χ2v) is 4.82. The molecule has 0 aliphatic heterocycles. The third-order valence-electron chi connectivity index (χ3n) is 2.24. The summed E-state index contributed by atoms with van der Waals surface area (Å²) in [5.41, 5.74) is 3.20. The second-order valence-electron chi connectivity index (χ2n) is 3.70. The fourth-order valence-corrected chi connectivity index (χ4v) is 2.42. The van der Waals surface area contributed by atoms with Crippen molar-refractivity contribution in [3.8, 4) is 0 Å². The lowest BCUT2D eigenvalue weighted by Gasteiger charge is -2.09. The number of rotatable bonds is 3. The van der Waals surface area contributed by atoms with Crippen LogP contribution < -0.4 is 5.32 Å². The fourth-order valence-electron chi connectivity index (χ4n) is 1.54. The van der Waals surface area contributed by atoms with Gasteiger partial charge < -0.3 is 9.73 Å². The maximum Gasteiger partial charge on any atom is 0.320 e. The molecule has 90 valence electrons. The second kappa shape index (κ2) is 5.06. The van der Waals surface area contributed by atoms with Crippen LogP contribution in [0.5, 0.6) is 0 Å². The van der Waals surface area contributed by atoms with Gasteiger partial charge in [-0.1, -0.05) is 11.2 Å². The average Bonchev–Trinajstić information content (AvgIpc) is 2.71. The van der Waals surface area contributed by atoms with E-state index in [1.807, 2.05) is 19.9 Å². The Morgan fingerprint density at radius 3 is 2.71 bits per heavy atom. The Morgan fingerprint density at radius 2 is 2.12 bits per heavy atom. The normalized spacial score (nSPS) is 10.6. The zero-order valence-corrected chi connectivity index (χ0v) is 11.8. The van der Waals surface area contributed by atoms with E-state index in [0.29, 0.717) is 11.9 Å². The van der Waals surface area contributed by atoms with Gasteiger partial charge in [0, 0.05) is 4.47 Å². The van der Waals surface area contributed by atoms with Crippen LogP contribution in [0.2, 0.25) is 0 Å². The van der Waals surface area contributed by atoms with E-state index in [9.17, 15) is 0 Å².